The van der Waals surface area contributed by atoms with Gasteiger partial charge in [0.05, 0.1) is 18.5 Å². The Morgan fingerprint density at radius 3 is 2.36 bits per heavy atom. The number of rotatable bonds is 6. The molecule has 1 aliphatic heterocycles. The third kappa shape index (κ3) is 5.24. The van der Waals surface area contributed by atoms with Crippen LogP contribution in [0.1, 0.15) is 16.1 Å². The van der Waals surface area contributed by atoms with Gasteiger partial charge >= 0.3 is 0 Å². The first-order valence-electron chi connectivity index (χ1n) is 12.9. The third-order valence-electron chi connectivity index (χ3n) is 7.08. The van der Waals surface area contributed by atoms with E-state index in [1.165, 1.54) is 5.56 Å². The first kappa shape index (κ1) is 25.1. The highest BCUT2D eigenvalue weighted by Gasteiger charge is 2.25. The summed E-state index contributed by atoms with van der Waals surface area (Å²) >= 11 is 6.10. The van der Waals surface area contributed by atoms with Crippen molar-refractivity contribution >= 4 is 23.2 Å². The van der Waals surface area contributed by atoms with Crippen LogP contribution in [-0.4, -0.2) is 63.6 Å². The van der Waals surface area contributed by atoms with Gasteiger partial charge in [0.15, 0.2) is 5.65 Å². The van der Waals surface area contributed by atoms with Crippen LogP contribution in [-0.2, 0) is 6.54 Å². The van der Waals surface area contributed by atoms with Crippen molar-refractivity contribution in [3.63, 3.8) is 0 Å². The fourth-order valence-electron chi connectivity index (χ4n) is 5.01. The third-order valence-corrected chi connectivity index (χ3v) is 7.33. The van der Waals surface area contributed by atoms with E-state index in [0.717, 1.165) is 42.1 Å². The minimum Gasteiger partial charge on any atom is -0.496 e. The summed E-state index contributed by atoms with van der Waals surface area (Å²) in [5.74, 6) is 0.615. The minimum absolute atomic E-state index is 0.0812. The SMILES string of the molecule is COc1ccccc1-c1cc(C(=O)N2CCN(Cc3ccccc3)CC2)nc2cc(-c3ccc(Cl)cc3)nn12. The number of hydrogen-bond acceptors (Lipinski definition) is 5. The number of hydrogen-bond donors (Lipinski definition) is 0. The largest absolute Gasteiger partial charge is 0.496 e. The smallest absolute Gasteiger partial charge is 0.272 e. The zero-order valence-electron chi connectivity index (χ0n) is 21.6. The number of benzene rings is 3. The molecular formula is C31H28ClN5O2. The van der Waals surface area contributed by atoms with Crippen LogP contribution in [0.4, 0.5) is 0 Å². The lowest BCUT2D eigenvalue weighted by atomic mass is 10.1. The number of aromatic nitrogens is 3. The molecule has 8 heteroatoms. The molecule has 5 aromatic rings. The highest BCUT2D eigenvalue weighted by molar-refractivity contribution is 6.30. The van der Waals surface area contributed by atoms with Gasteiger partial charge in [-0.1, -0.05) is 66.2 Å². The lowest BCUT2D eigenvalue weighted by Crippen LogP contribution is -2.48. The number of carbonyl (C=O) groups excluding carboxylic acids is 1. The zero-order valence-corrected chi connectivity index (χ0v) is 22.4. The number of nitrogens with zero attached hydrogens (tertiary/aromatic N) is 5. The monoisotopic (exact) mass is 537 g/mol. The average Bonchev–Trinajstić information content (AvgIpc) is 3.42. The summed E-state index contributed by atoms with van der Waals surface area (Å²) in [5, 5.41) is 5.51. The lowest BCUT2D eigenvalue weighted by molar-refractivity contribution is 0.0623. The molecule has 0 radical (unpaired) electrons. The number of carbonyl (C=O) groups is 1. The Morgan fingerprint density at radius 2 is 1.62 bits per heavy atom. The maximum Gasteiger partial charge on any atom is 0.272 e. The molecular weight excluding hydrogens is 510 g/mol. The molecule has 7 nitrogen and oxygen atoms in total. The van der Waals surface area contributed by atoms with Crippen LogP contribution in [0, 0.1) is 0 Å². The highest BCUT2D eigenvalue weighted by Crippen LogP contribution is 2.32. The lowest BCUT2D eigenvalue weighted by Gasteiger charge is -2.34. The fourth-order valence-corrected chi connectivity index (χ4v) is 5.13. The van der Waals surface area contributed by atoms with Crippen LogP contribution in [0.15, 0.2) is 91.0 Å². The summed E-state index contributed by atoms with van der Waals surface area (Å²) in [5.41, 5.74) is 5.50. The van der Waals surface area contributed by atoms with Gasteiger partial charge in [0, 0.05) is 54.9 Å². The topological polar surface area (TPSA) is 63.0 Å². The van der Waals surface area contributed by atoms with E-state index in [2.05, 4.69) is 29.2 Å². The summed E-state index contributed by atoms with van der Waals surface area (Å²) < 4.78 is 7.43. The van der Waals surface area contributed by atoms with Crippen molar-refractivity contribution in [1.82, 2.24) is 24.4 Å². The molecule has 0 unspecified atom stereocenters. The molecule has 0 aliphatic carbocycles. The van der Waals surface area contributed by atoms with Crippen LogP contribution in [0.2, 0.25) is 5.02 Å². The van der Waals surface area contributed by atoms with Crippen molar-refractivity contribution in [1.29, 1.82) is 0 Å². The van der Waals surface area contributed by atoms with Crippen LogP contribution in [0.25, 0.3) is 28.2 Å². The van der Waals surface area contributed by atoms with Crippen molar-refractivity contribution in [2.45, 2.75) is 6.54 Å². The van der Waals surface area contributed by atoms with E-state index in [0.29, 0.717) is 35.2 Å². The van der Waals surface area contributed by atoms with Gasteiger partial charge in [-0.3, -0.25) is 9.69 Å². The van der Waals surface area contributed by atoms with Crippen molar-refractivity contribution < 1.29 is 9.53 Å². The molecule has 0 N–H and O–H groups in total. The molecule has 6 rings (SSSR count). The fraction of sp³-hybridized carbons (Fsp3) is 0.194. The molecule has 1 fully saturated rings. The predicted molar refractivity (Wildman–Crippen MR) is 153 cm³/mol. The molecule has 0 bridgehead atoms. The summed E-state index contributed by atoms with van der Waals surface area (Å²) in [7, 11) is 1.64. The van der Waals surface area contributed by atoms with Gasteiger partial charge in [0.1, 0.15) is 11.4 Å². The Labute approximate surface area is 232 Å². The van der Waals surface area contributed by atoms with Crippen LogP contribution in [0.5, 0.6) is 5.75 Å². The second-order valence-electron chi connectivity index (χ2n) is 9.59. The maximum absolute atomic E-state index is 13.7. The van der Waals surface area contributed by atoms with E-state index < -0.39 is 0 Å². The van der Waals surface area contributed by atoms with Gasteiger partial charge in [-0.05, 0) is 35.9 Å². The quantitative estimate of drug-likeness (QED) is 0.279. The Morgan fingerprint density at radius 1 is 0.897 bits per heavy atom. The summed E-state index contributed by atoms with van der Waals surface area (Å²) in [6.45, 7) is 3.81. The van der Waals surface area contributed by atoms with Crippen molar-refractivity contribution in [3.8, 4) is 28.3 Å². The Hall–Kier alpha value is -4.20. The molecule has 3 heterocycles. The van der Waals surface area contributed by atoms with E-state index in [1.54, 1.807) is 11.6 Å². The molecule has 2 aromatic heterocycles. The summed E-state index contributed by atoms with van der Waals surface area (Å²) in [6.07, 6.45) is 0. The molecule has 0 atom stereocenters. The molecule has 1 amide bonds. The summed E-state index contributed by atoms with van der Waals surface area (Å²) in [6, 6.07) is 29.4. The molecule has 39 heavy (non-hydrogen) atoms. The average molecular weight is 538 g/mol. The molecule has 0 saturated carbocycles. The first-order chi connectivity index (χ1) is 19.1. The number of para-hydroxylation sites is 1. The van der Waals surface area contributed by atoms with Crippen molar-refractivity contribution in [2.24, 2.45) is 0 Å². The normalized spacial score (nSPS) is 14.1. The maximum atomic E-state index is 13.7. The van der Waals surface area contributed by atoms with E-state index in [1.807, 2.05) is 71.6 Å². The first-order valence-corrected chi connectivity index (χ1v) is 13.3. The zero-order chi connectivity index (χ0) is 26.8. The van der Waals surface area contributed by atoms with Crippen LogP contribution >= 0.6 is 11.6 Å². The number of piperazine rings is 1. The van der Waals surface area contributed by atoms with Gasteiger partial charge < -0.3 is 9.64 Å². The van der Waals surface area contributed by atoms with Crippen LogP contribution < -0.4 is 4.74 Å². The van der Waals surface area contributed by atoms with E-state index >= 15 is 0 Å². The Bertz CT molecular complexity index is 1610. The standard InChI is InChI=1S/C31H28ClN5O2/c1-39-29-10-6-5-9-25(29)28-19-27(33-30-20-26(34-37(28)30)23-11-13-24(32)14-12-23)31(38)36-17-15-35(16-18-36)21-22-7-3-2-4-8-22/h2-14,19-20H,15-18,21H2,1H3. The second-order valence-corrected chi connectivity index (χ2v) is 10.0. The number of fused-ring (bicyclic) bond motifs is 1. The van der Waals surface area contributed by atoms with Gasteiger partial charge in [0.2, 0.25) is 0 Å². The predicted octanol–water partition coefficient (Wildman–Crippen LogP) is 5.68. The van der Waals surface area contributed by atoms with Crippen molar-refractivity contribution in [2.75, 3.05) is 33.3 Å². The minimum atomic E-state index is -0.0812. The van der Waals surface area contributed by atoms with E-state index in [4.69, 9.17) is 26.4 Å². The number of amides is 1. The van der Waals surface area contributed by atoms with Gasteiger partial charge in [-0.25, -0.2) is 9.50 Å². The molecule has 3 aromatic carbocycles. The highest BCUT2D eigenvalue weighted by atomic mass is 35.5. The molecule has 1 saturated heterocycles. The van der Waals surface area contributed by atoms with Gasteiger partial charge in [-0.15, -0.1) is 0 Å². The number of halogens is 1. The molecule has 196 valence electrons. The number of methoxy groups -OCH3 is 1. The Balaban J connectivity index is 1.33. The number of ether oxygens (including phenoxy) is 1. The molecule has 0 spiro atoms. The van der Waals surface area contributed by atoms with Crippen molar-refractivity contribution in [3.05, 3.63) is 107 Å². The van der Waals surface area contributed by atoms with E-state index in [-0.39, 0.29) is 5.91 Å². The van der Waals surface area contributed by atoms with Crippen LogP contribution in [0.3, 0.4) is 0 Å². The molecule has 1 aliphatic rings. The summed E-state index contributed by atoms with van der Waals surface area (Å²) in [4.78, 5) is 22.8. The van der Waals surface area contributed by atoms with Gasteiger partial charge in [0.25, 0.3) is 5.91 Å². The van der Waals surface area contributed by atoms with Gasteiger partial charge in [-0.2, -0.15) is 5.10 Å². The van der Waals surface area contributed by atoms with E-state index in [9.17, 15) is 4.79 Å². The second kappa shape index (κ2) is 10.9. The Kier molecular flexibility index (Phi) is 7.00.